The van der Waals surface area contributed by atoms with Gasteiger partial charge in [-0.2, -0.15) is 0 Å². The number of amides is 1. The number of pyridine rings is 1. The minimum Gasteiger partial charge on any atom is -0.442 e. The van der Waals surface area contributed by atoms with Crippen molar-refractivity contribution in [1.29, 1.82) is 0 Å². The Kier molecular flexibility index (Phi) is 7.52. The van der Waals surface area contributed by atoms with Crippen molar-refractivity contribution in [3.63, 3.8) is 0 Å². The zero-order chi connectivity index (χ0) is 22.9. The Morgan fingerprint density at radius 2 is 1.94 bits per heavy atom. The number of sulfonamides is 1. The van der Waals surface area contributed by atoms with Gasteiger partial charge in [-0.1, -0.05) is 0 Å². The van der Waals surface area contributed by atoms with Gasteiger partial charge in [-0.25, -0.2) is 23.5 Å². The van der Waals surface area contributed by atoms with E-state index >= 15 is 0 Å². The SMILES string of the molecule is Cc1oc2ncn(CCCN3CCCC3)c(=O)c2c1C(=O)Nc1ccc(S(N)(=O)=O)nc1.Cl. The number of anilines is 1. The average molecular weight is 497 g/mol. The van der Waals surface area contributed by atoms with E-state index in [0.29, 0.717) is 6.54 Å². The zero-order valence-corrected chi connectivity index (χ0v) is 19.6. The maximum Gasteiger partial charge on any atom is 0.265 e. The van der Waals surface area contributed by atoms with Crippen molar-refractivity contribution in [2.24, 2.45) is 5.14 Å². The Bertz CT molecular complexity index is 1310. The first-order valence-corrected chi connectivity index (χ1v) is 11.8. The number of nitrogens with two attached hydrogens (primary N) is 1. The summed E-state index contributed by atoms with van der Waals surface area (Å²) < 4.78 is 29.7. The number of carbonyl (C=O) groups is 1. The first-order chi connectivity index (χ1) is 15.2. The van der Waals surface area contributed by atoms with Gasteiger partial charge in [-0.05, 0) is 58.0 Å². The van der Waals surface area contributed by atoms with Gasteiger partial charge in [0.25, 0.3) is 21.5 Å². The second kappa shape index (κ2) is 10.00. The average Bonchev–Trinajstić information content (AvgIpc) is 3.37. The summed E-state index contributed by atoms with van der Waals surface area (Å²) in [6.45, 7) is 5.15. The summed E-state index contributed by atoms with van der Waals surface area (Å²) in [5.74, 6) is -0.328. The van der Waals surface area contributed by atoms with Crippen LogP contribution in [0.5, 0.6) is 0 Å². The lowest BCUT2D eigenvalue weighted by atomic mass is 10.1. The van der Waals surface area contributed by atoms with Gasteiger partial charge in [0.15, 0.2) is 5.03 Å². The highest BCUT2D eigenvalue weighted by molar-refractivity contribution is 7.89. The van der Waals surface area contributed by atoms with E-state index in [2.05, 4.69) is 20.2 Å². The fraction of sp³-hybridized carbons (Fsp3) is 0.400. The normalized spacial score (nSPS) is 14.4. The predicted molar refractivity (Wildman–Crippen MR) is 124 cm³/mol. The van der Waals surface area contributed by atoms with Crippen molar-refractivity contribution in [2.45, 2.75) is 37.8 Å². The molecule has 11 nitrogen and oxygen atoms in total. The van der Waals surface area contributed by atoms with Crippen LogP contribution in [0.1, 0.15) is 35.4 Å². The fourth-order valence-corrected chi connectivity index (χ4v) is 4.31. The van der Waals surface area contributed by atoms with Gasteiger partial charge in [0.2, 0.25) is 5.71 Å². The topological polar surface area (TPSA) is 153 Å². The molecule has 1 aliphatic rings. The number of nitrogens with zero attached hydrogens (tertiary/aromatic N) is 4. The monoisotopic (exact) mass is 496 g/mol. The number of fused-ring (bicyclic) bond motifs is 1. The third kappa shape index (κ3) is 5.41. The molecule has 0 saturated carbocycles. The lowest BCUT2D eigenvalue weighted by molar-refractivity contribution is 0.102. The standard InChI is InChI=1S/C20H24N6O5S.ClH/c1-13-16(18(27)24-14-5-6-15(22-11-14)32(21,29)30)17-19(31-13)23-12-26(20(17)28)10-4-9-25-7-2-3-8-25;/h5-6,11-12H,2-4,7-10H2,1H3,(H,24,27)(H2,21,29,30);1H. The van der Waals surface area contributed by atoms with E-state index in [-0.39, 0.29) is 51.1 Å². The second-order valence-corrected chi connectivity index (χ2v) is 9.25. The van der Waals surface area contributed by atoms with Crippen molar-refractivity contribution in [2.75, 3.05) is 25.0 Å². The summed E-state index contributed by atoms with van der Waals surface area (Å²) in [5.41, 5.74) is 0.0742. The molecule has 4 heterocycles. The van der Waals surface area contributed by atoms with E-state index in [1.165, 1.54) is 42.1 Å². The van der Waals surface area contributed by atoms with Gasteiger partial charge < -0.3 is 14.6 Å². The molecular formula is C20H25ClN6O5S. The van der Waals surface area contributed by atoms with Gasteiger partial charge in [-0.15, -0.1) is 12.4 Å². The molecule has 0 spiro atoms. The number of furan rings is 1. The molecule has 0 aliphatic carbocycles. The van der Waals surface area contributed by atoms with E-state index in [9.17, 15) is 18.0 Å². The molecule has 3 aromatic rings. The Labute approximate surface area is 196 Å². The van der Waals surface area contributed by atoms with E-state index in [0.717, 1.165) is 26.1 Å². The van der Waals surface area contributed by atoms with Crippen molar-refractivity contribution < 1.29 is 17.6 Å². The molecule has 13 heteroatoms. The molecule has 1 saturated heterocycles. The largest absolute Gasteiger partial charge is 0.442 e. The minimum absolute atomic E-state index is 0. The first kappa shape index (κ1) is 24.8. The summed E-state index contributed by atoms with van der Waals surface area (Å²) in [6, 6.07) is 2.54. The van der Waals surface area contributed by atoms with Gasteiger partial charge in [0, 0.05) is 6.54 Å². The molecule has 33 heavy (non-hydrogen) atoms. The Balaban J connectivity index is 0.00000306. The summed E-state index contributed by atoms with van der Waals surface area (Å²) >= 11 is 0. The third-order valence-electron chi connectivity index (χ3n) is 5.44. The number of likely N-dealkylation sites (tertiary alicyclic amines) is 1. The van der Waals surface area contributed by atoms with Crippen LogP contribution in [0.15, 0.2) is 38.9 Å². The van der Waals surface area contributed by atoms with Crippen LogP contribution in [0, 0.1) is 6.92 Å². The molecule has 0 unspecified atom stereocenters. The molecule has 178 valence electrons. The Morgan fingerprint density at radius 3 is 2.58 bits per heavy atom. The molecule has 0 radical (unpaired) electrons. The Morgan fingerprint density at radius 1 is 1.21 bits per heavy atom. The number of rotatable bonds is 7. The number of nitrogens with one attached hydrogen (secondary N) is 1. The van der Waals surface area contributed by atoms with Crippen LogP contribution in [0.25, 0.3) is 11.1 Å². The van der Waals surface area contributed by atoms with Crippen molar-refractivity contribution in [3.05, 3.63) is 46.3 Å². The highest BCUT2D eigenvalue weighted by atomic mass is 35.5. The smallest absolute Gasteiger partial charge is 0.265 e. The summed E-state index contributed by atoms with van der Waals surface area (Å²) in [4.78, 5) is 36.3. The first-order valence-electron chi connectivity index (χ1n) is 10.2. The third-order valence-corrected chi connectivity index (χ3v) is 6.26. The zero-order valence-electron chi connectivity index (χ0n) is 18.0. The van der Waals surface area contributed by atoms with E-state index in [4.69, 9.17) is 9.56 Å². The van der Waals surface area contributed by atoms with Crippen molar-refractivity contribution in [3.8, 4) is 0 Å². The van der Waals surface area contributed by atoms with Crippen molar-refractivity contribution >= 4 is 45.1 Å². The molecule has 3 N–H and O–H groups in total. The van der Waals surface area contributed by atoms with Crippen LogP contribution in [0.2, 0.25) is 0 Å². The number of aromatic nitrogens is 3. The molecule has 4 rings (SSSR count). The van der Waals surface area contributed by atoms with Crippen LogP contribution >= 0.6 is 12.4 Å². The lowest BCUT2D eigenvalue weighted by Gasteiger charge is -2.14. The summed E-state index contributed by atoms with van der Waals surface area (Å²) in [7, 11) is -3.94. The van der Waals surface area contributed by atoms with Gasteiger partial charge in [-0.3, -0.25) is 14.2 Å². The second-order valence-electron chi connectivity index (χ2n) is 7.74. The number of primary sulfonamides is 1. The molecular weight excluding hydrogens is 472 g/mol. The van der Waals surface area contributed by atoms with Crippen molar-refractivity contribution in [1.82, 2.24) is 19.4 Å². The van der Waals surface area contributed by atoms with E-state index in [1.807, 2.05) is 0 Å². The van der Waals surface area contributed by atoms with E-state index in [1.54, 1.807) is 6.92 Å². The van der Waals surface area contributed by atoms with Gasteiger partial charge in [0.05, 0.1) is 17.4 Å². The van der Waals surface area contributed by atoms with Gasteiger partial charge >= 0.3 is 0 Å². The summed E-state index contributed by atoms with van der Waals surface area (Å²) in [5, 5.41) is 7.43. The highest BCUT2D eigenvalue weighted by Gasteiger charge is 2.23. The minimum atomic E-state index is -3.94. The Hall–Kier alpha value is -2.80. The number of halogens is 1. The maximum atomic E-state index is 13.1. The van der Waals surface area contributed by atoms with Crippen LogP contribution in [-0.4, -0.2) is 53.4 Å². The summed E-state index contributed by atoms with van der Waals surface area (Å²) in [6.07, 6.45) is 5.83. The molecule has 3 aromatic heterocycles. The lowest BCUT2D eigenvalue weighted by Crippen LogP contribution is -2.26. The number of carbonyl (C=O) groups excluding carboxylic acids is 1. The van der Waals surface area contributed by atoms with Crippen LogP contribution in [0.3, 0.4) is 0 Å². The highest BCUT2D eigenvalue weighted by Crippen LogP contribution is 2.22. The number of hydrogen-bond acceptors (Lipinski definition) is 8. The molecule has 0 aromatic carbocycles. The maximum absolute atomic E-state index is 13.1. The van der Waals surface area contributed by atoms with Crippen LogP contribution in [-0.2, 0) is 16.6 Å². The number of aryl methyl sites for hydroxylation is 2. The van der Waals surface area contributed by atoms with Gasteiger partial charge in [0.1, 0.15) is 17.5 Å². The fourth-order valence-electron chi connectivity index (χ4n) is 3.86. The van der Waals surface area contributed by atoms with Crippen LogP contribution in [0.4, 0.5) is 5.69 Å². The van der Waals surface area contributed by atoms with E-state index < -0.39 is 15.9 Å². The molecule has 0 bridgehead atoms. The molecule has 1 amide bonds. The number of hydrogen-bond donors (Lipinski definition) is 2. The molecule has 1 aliphatic heterocycles. The predicted octanol–water partition coefficient (Wildman–Crippen LogP) is 1.50. The quantitative estimate of drug-likeness (QED) is 0.498. The van der Waals surface area contributed by atoms with Crippen LogP contribution < -0.4 is 16.0 Å². The molecule has 1 fully saturated rings. The molecule has 0 atom stereocenters.